The molecule has 0 fully saturated rings. The van der Waals surface area contributed by atoms with Crippen LogP contribution in [0.2, 0.25) is 0 Å². The van der Waals surface area contributed by atoms with Gasteiger partial charge < -0.3 is 10.6 Å². The quantitative estimate of drug-likeness (QED) is 0.492. The third-order valence-electron chi connectivity index (χ3n) is 3.97. The van der Waals surface area contributed by atoms with E-state index >= 15 is 0 Å². The van der Waals surface area contributed by atoms with Crippen LogP contribution in [0, 0.1) is 3.57 Å². The maximum atomic E-state index is 12.4. The summed E-state index contributed by atoms with van der Waals surface area (Å²) in [6.07, 6.45) is 1.10. The smallest absolute Gasteiger partial charge is 0.255 e. The van der Waals surface area contributed by atoms with Gasteiger partial charge in [0.1, 0.15) is 0 Å². The van der Waals surface area contributed by atoms with Gasteiger partial charge in [0.15, 0.2) is 0 Å². The molecule has 2 amide bonds. The van der Waals surface area contributed by atoms with Gasteiger partial charge in [0, 0.05) is 26.9 Å². The van der Waals surface area contributed by atoms with Crippen LogP contribution in [0.15, 0.2) is 78.9 Å². The summed E-state index contributed by atoms with van der Waals surface area (Å²) in [6.45, 7) is 0. The largest absolute Gasteiger partial charge is 0.326 e. The number of carbonyl (C=O) groups is 2. The van der Waals surface area contributed by atoms with Crippen molar-refractivity contribution in [1.29, 1.82) is 0 Å². The summed E-state index contributed by atoms with van der Waals surface area (Å²) in [5, 5.41) is 5.75. The van der Waals surface area contributed by atoms with Crippen LogP contribution in [-0.4, -0.2) is 11.8 Å². The van der Waals surface area contributed by atoms with Crippen LogP contribution >= 0.6 is 22.6 Å². The third kappa shape index (κ3) is 5.92. The number of halogens is 1. The fraction of sp³-hybridized carbons (Fsp3) is 0.0909. The maximum Gasteiger partial charge on any atom is 0.255 e. The minimum Gasteiger partial charge on any atom is -0.326 e. The van der Waals surface area contributed by atoms with Crippen LogP contribution < -0.4 is 10.6 Å². The van der Waals surface area contributed by atoms with Crippen LogP contribution in [0.4, 0.5) is 11.4 Å². The Morgan fingerprint density at radius 2 is 1.48 bits per heavy atom. The molecule has 3 aromatic rings. The second-order valence-corrected chi connectivity index (χ2v) is 7.32. The highest BCUT2D eigenvalue weighted by Crippen LogP contribution is 2.17. The molecule has 0 aliphatic heterocycles. The monoisotopic (exact) mass is 470 g/mol. The van der Waals surface area contributed by atoms with Gasteiger partial charge in [-0.1, -0.05) is 42.5 Å². The molecule has 27 heavy (non-hydrogen) atoms. The van der Waals surface area contributed by atoms with Crippen molar-refractivity contribution in [3.8, 4) is 0 Å². The number of carbonyl (C=O) groups excluding carboxylic acids is 2. The van der Waals surface area contributed by atoms with E-state index in [9.17, 15) is 9.59 Å². The first kappa shape index (κ1) is 19.1. The topological polar surface area (TPSA) is 58.2 Å². The van der Waals surface area contributed by atoms with E-state index in [1.165, 1.54) is 0 Å². The average Bonchev–Trinajstić information content (AvgIpc) is 2.67. The van der Waals surface area contributed by atoms with Gasteiger partial charge in [0.05, 0.1) is 0 Å². The van der Waals surface area contributed by atoms with Crippen molar-refractivity contribution in [2.24, 2.45) is 0 Å². The fourth-order valence-corrected chi connectivity index (χ4v) is 3.18. The molecule has 3 rings (SSSR count). The first-order valence-corrected chi connectivity index (χ1v) is 9.69. The van der Waals surface area contributed by atoms with Gasteiger partial charge in [-0.05, 0) is 71.0 Å². The lowest BCUT2D eigenvalue weighted by Gasteiger charge is -2.09. The molecule has 0 aromatic heterocycles. The molecule has 0 saturated carbocycles. The summed E-state index contributed by atoms with van der Waals surface area (Å²) < 4.78 is 1.000. The van der Waals surface area contributed by atoms with Crippen molar-refractivity contribution in [3.63, 3.8) is 0 Å². The number of aryl methyl sites for hydroxylation is 1. The van der Waals surface area contributed by atoms with Crippen molar-refractivity contribution in [3.05, 3.63) is 93.6 Å². The molecule has 0 heterocycles. The highest BCUT2D eigenvalue weighted by atomic mass is 127. The molecule has 0 aliphatic carbocycles. The Morgan fingerprint density at radius 3 is 2.22 bits per heavy atom. The third-order valence-corrected chi connectivity index (χ3v) is 4.65. The standard InChI is InChI=1S/C22H19IN2O2/c23-18-9-4-8-17(14-18)22(27)25-20-11-5-10-19(15-20)24-21(26)13-12-16-6-2-1-3-7-16/h1-11,14-15H,12-13H2,(H,24,26)(H,25,27). The predicted molar refractivity (Wildman–Crippen MR) is 117 cm³/mol. The molecule has 0 bridgehead atoms. The van der Waals surface area contributed by atoms with Gasteiger partial charge in [0.25, 0.3) is 5.91 Å². The van der Waals surface area contributed by atoms with E-state index in [2.05, 4.69) is 33.2 Å². The Kier molecular flexibility index (Phi) is 6.59. The highest BCUT2D eigenvalue weighted by Gasteiger charge is 2.08. The fourth-order valence-electron chi connectivity index (χ4n) is 2.63. The lowest BCUT2D eigenvalue weighted by atomic mass is 10.1. The number of amides is 2. The Morgan fingerprint density at radius 1 is 0.778 bits per heavy atom. The van der Waals surface area contributed by atoms with Crippen LogP contribution in [0.5, 0.6) is 0 Å². The highest BCUT2D eigenvalue weighted by molar-refractivity contribution is 14.1. The van der Waals surface area contributed by atoms with Crippen LogP contribution in [-0.2, 0) is 11.2 Å². The zero-order valence-corrected chi connectivity index (χ0v) is 16.8. The van der Waals surface area contributed by atoms with Gasteiger partial charge in [-0.3, -0.25) is 9.59 Å². The number of rotatable bonds is 6. The zero-order chi connectivity index (χ0) is 19.1. The average molecular weight is 470 g/mol. The SMILES string of the molecule is O=C(CCc1ccccc1)Nc1cccc(NC(=O)c2cccc(I)c2)c1. The predicted octanol–water partition coefficient (Wildman–Crippen LogP) is 5.11. The Balaban J connectivity index is 1.58. The lowest BCUT2D eigenvalue weighted by molar-refractivity contribution is -0.116. The molecule has 5 heteroatoms. The van der Waals surface area contributed by atoms with E-state index in [-0.39, 0.29) is 11.8 Å². The van der Waals surface area contributed by atoms with E-state index in [1.54, 1.807) is 24.3 Å². The van der Waals surface area contributed by atoms with Crippen molar-refractivity contribution in [1.82, 2.24) is 0 Å². The number of anilines is 2. The summed E-state index contributed by atoms with van der Waals surface area (Å²) in [5.41, 5.74) is 3.03. The second-order valence-electron chi connectivity index (χ2n) is 6.08. The van der Waals surface area contributed by atoms with E-state index < -0.39 is 0 Å². The molecule has 0 saturated heterocycles. The van der Waals surface area contributed by atoms with E-state index in [0.717, 1.165) is 9.13 Å². The summed E-state index contributed by atoms with van der Waals surface area (Å²) in [5.74, 6) is -0.235. The molecule has 0 atom stereocenters. The van der Waals surface area contributed by atoms with Gasteiger partial charge in [-0.15, -0.1) is 0 Å². The molecule has 0 aliphatic rings. The van der Waals surface area contributed by atoms with E-state index in [4.69, 9.17) is 0 Å². The van der Waals surface area contributed by atoms with Crippen LogP contribution in [0.25, 0.3) is 0 Å². The molecule has 136 valence electrons. The molecule has 4 nitrogen and oxygen atoms in total. The van der Waals surface area contributed by atoms with Gasteiger partial charge in [-0.25, -0.2) is 0 Å². The zero-order valence-electron chi connectivity index (χ0n) is 14.6. The summed E-state index contributed by atoms with van der Waals surface area (Å²) >= 11 is 2.17. The Bertz CT molecular complexity index is 942. The van der Waals surface area contributed by atoms with Crippen molar-refractivity contribution >= 4 is 45.8 Å². The summed E-state index contributed by atoms with van der Waals surface area (Å²) in [4.78, 5) is 24.5. The molecule has 0 spiro atoms. The van der Waals surface area contributed by atoms with Crippen LogP contribution in [0.1, 0.15) is 22.3 Å². The molecule has 3 aromatic carbocycles. The Labute approximate surface area is 172 Å². The lowest BCUT2D eigenvalue weighted by Crippen LogP contribution is -2.14. The maximum absolute atomic E-state index is 12.4. The molecule has 0 unspecified atom stereocenters. The molecule has 0 radical (unpaired) electrons. The Hall–Kier alpha value is -2.67. The molecule has 2 N–H and O–H groups in total. The summed E-state index contributed by atoms with van der Waals surface area (Å²) in [7, 11) is 0. The minimum atomic E-state index is -0.180. The van der Waals surface area contributed by atoms with Gasteiger partial charge in [-0.2, -0.15) is 0 Å². The van der Waals surface area contributed by atoms with Crippen LogP contribution in [0.3, 0.4) is 0 Å². The van der Waals surface area contributed by atoms with E-state index in [1.807, 2.05) is 54.6 Å². The number of nitrogens with one attached hydrogen (secondary N) is 2. The van der Waals surface area contributed by atoms with Gasteiger partial charge in [0.2, 0.25) is 5.91 Å². The van der Waals surface area contributed by atoms with Crippen molar-refractivity contribution in [2.75, 3.05) is 10.6 Å². The van der Waals surface area contributed by atoms with Gasteiger partial charge >= 0.3 is 0 Å². The first-order valence-electron chi connectivity index (χ1n) is 8.61. The van der Waals surface area contributed by atoms with Crippen molar-refractivity contribution in [2.45, 2.75) is 12.8 Å². The molecular formula is C22H19IN2O2. The first-order chi connectivity index (χ1) is 13.1. The minimum absolute atomic E-state index is 0.0556. The molecular weight excluding hydrogens is 451 g/mol. The number of hydrogen-bond donors (Lipinski definition) is 2. The second kappa shape index (κ2) is 9.32. The summed E-state index contributed by atoms with van der Waals surface area (Å²) in [6, 6.07) is 24.4. The normalized spacial score (nSPS) is 10.3. The van der Waals surface area contributed by atoms with Crippen molar-refractivity contribution < 1.29 is 9.59 Å². The van der Waals surface area contributed by atoms with E-state index in [0.29, 0.717) is 29.8 Å². The number of hydrogen-bond acceptors (Lipinski definition) is 2. The number of benzene rings is 3.